The number of amides is 4. The van der Waals surface area contributed by atoms with E-state index in [2.05, 4.69) is 16.0 Å². The molecule has 19 heavy (non-hydrogen) atoms. The van der Waals surface area contributed by atoms with Crippen LogP contribution < -0.4 is 20.7 Å². The molecule has 7 heteroatoms. The van der Waals surface area contributed by atoms with E-state index in [0.29, 0.717) is 11.4 Å². The highest BCUT2D eigenvalue weighted by Crippen LogP contribution is 2.15. The fraction of sp³-hybridized carbons (Fsp3) is 0.250. The Bertz CT molecular complexity index is 512. The van der Waals surface area contributed by atoms with Crippen molar-refractivity contribution in [1.82, 2.24) is 10.6 Å². The van der Waals surface area contributed by atoms with Crippen LogP contribution in [0, 0.1) is 0 Å². The molecule has 0 saturated carbocycles. The third-order valence-corrected chi connectivity index (χ3v) is 2.62. The van der Waals surface area contributed by atoms with Gasteiger partial charge in [0, 0.05) is 5.69 Å². The second-order valence-electron chi connectivity index (χ2n) is 4.00. The summed E-state index contributed by atoms with van der Waals surface area (Å²) in [4.78, 5) is 33.9. The molecule has 0 spiro atoms. The minimum atomic E-state index is -0.814. The minimum absolute atomic E-state index is 0.108. The molecule has 0 aromatic heterocycles. The Morgan fingerprint density at radius 1 is 1.32 bits per heavy atom. The number of anilines is 1. The zero-order chi connectivity index (χ0) is 13.8. The molecule has 2 rings (SSSR count). The molecular weight excluding hydrogens is 250 g/mol. The Hall–Kier alpha value is -2.57. The molecular formula is C12H13N3O4. The normalized spacial score (nSPS) is 17.6. The maximum atomic E-state index is 11.7. The Morgan fingerprint density at radius 2 is 2.00 bits per heavy atom. The van der Waals surface area contributed by atoms with Crippen LogP contribution in [0.5, 0.6) is 5.75 Å². The van der Waals surface area contributed by atoms with Gasteiger partial charge < -0.3 is 15.4 Å². The monoisotopic (exact) mass is 263 g/mol. The smallest absolute Gasteiger partial charge is 0.322 e. The third kappa shape index (κ3) is 3.21. The summed E-state index contributed by atoms with van der Waals surface area (Å²) in [5.74, 6) is -0.164. The molecule has 0 radical (unpaired) electrons. The molecule has 1 aliphatic rings. The van der Waals surface area contributed by atoms with Crippen LogP contribution in [0.15, 0.2) is 24.3 Å². The van der Waals surface area contributed by atoms with Gasteiger partial charge in [-0.05, 0) is 24.3 Å². The molecule has 1 aromatic carbocycles. The summed E-state index contributed by atoms with van der Waals surface area (Å²) in [7, 11) is 1.55. The molecule has 1 aliphatic heterocycles. The van der Waals surface area contributed by atoms with E-state index in [0.717, 1.165) is 0 Å². The summed E-state index contributed by atoms with van der Waals surface area (Å²) in [6.45, 7) is 0. The lowest BCUT2D eigenvalue weighted by atomic mass is 10.2. The molecule has 100 valence electrons. The van der Waals surface area contributed by atoms with Gasteiger partial charge in [-0.15, -0.1) is 0 Å². The van der Waals surface area contributed by atoms with Gasteiger partial charge in [0.2, 0.25) is 5.91 Å². The van der Waals surface area contributed by atoms with Crippen LogP contribution in [0.4, 0.5) is 10.5 Å². The van der Waals surface area contributed by atoms with Crippen molar-refractivity contribution in [3.05, 3.63) is 24.3 Å². The van der Waals surface area contributed by atoms with Gasteiger partial charge >= 0.3 is 6.03 Å². The summed E-state index contributed by atoms with van der Waals surface area (Å²) in [5.41, 5.74) is 0.593. The predicted molar refractivity (Wildman–Crippen MR) is 66.7 cm³/mol. The fourth-order valence-corrected chi connectivity index (χ4v) is 1.67. The van der Waals surface area contributed by atoms with Gasteiger partial charge in [-0.3, -0.25) is 14.9 Å². The largest absolute Gasteiger partial charge is 0.497 e. The molecule has 7 nitrogen and oxygen atoms in total. The van der Waals surface area contributed by atoms with E-state index in [-0.39, 0.29) is 12.3 Å². The molecule has 1 saturated heterocycles. The van der Waals surface area contributed by atoms with Crippen LogP contribution in [0.3, 0.4) is 0 Å². The van der Waals surface area contributed by atoms with E-state index in [1.165, 1.54) is 0 Å². The predicted octanol–water partition coefficient (Wildman–Crippen LogP) is 0.232. The van der Waals surface area contributed by atoms with Crippen molar-refractivity contribution in [3.63, 3.8) is 0 Å². The van der Waals surface area contributed by atoms with Gasteiger partial charge in [-0.1, -0.05) is 0 Å². The van der Waals surface area contributed by atoms with Gasteiger partial charge in [-0.2, -0.15) is 0 Å². The van der Waals surface area contributed by atoms with E-state index in [1.54, 1.807) is 31.4 Å². The average molecular weight is 263 g/mol. The standard InChI is InChI=1S/C12H13N3O4/c1-19-8-4-2-7(3-5-8)13-10(16)6-9-11(17)15-12(18)14-9/h2-5,9H,6H2,1H3,(H,13,16)(H2,14,15,17,18)/t9-/m1/s1. The maximum absolute atomic E-state index is 11.7. The van der Waals surface area contributed by atoms with E-state index in [4.69, 9.17) is 4.74 Å². The fourth-order valence-electron chi connectivity index (χ4n) is 1.67. The Balaban J connectivity index is 1.90. The number of hydrogen-bond donors (Lipinski definition) is 3. The lowest BCUT2D eigenvalue weighted by Gasteiger charge is -2.08. The molecule has 1 atom stereocenters. The molecule has 0 aliphatic carbocycles. The SMILES string of the molecule is COc1ccc(NC(=O)C[C@H]2NC(=O)NC2=O)cc1. The van der Waals surface area contributed by atoms with Gasteiger partial charge in [0.15, 0.2) is 0 Å². The Morgan fingerprint density at radius 3 is 2.53 bits per heavy atom. The van der Waals surface area contributed by atoms with Crippen molar-refractivity contribution in [1.29, 1.82) is 0 Å². The lowest BCUT2D eigenvalue weighted by Crippen LogP contribution is -2.33. The first-order chi connectivity index (χ1) is 9.08. The zero-order valence-corrected chi connectivity index (χ0v) is 10.2. The highest BCUT2D eigenvalue weighted by atomic mass is 16.5. The van der Waals surface area contributed by atoms with Crippen molar-refractivity contribution in [3.8, 4) is 5.75 Å². The van der Waals surface area contributed by atoms with E-state index in [1.807, 2.05) is 0 Å². The second-order valence-corrected chi connectivity index (χ2v) is 4.00. The van der Waals surface area contributed by atoms with Crippen molar-refractivity contribution >= 4 is 23.5 Å². The summed E-state index contributed by atoms with van der Waals surface area (Å²) in [6.07, 6.45) is -0.108. The number of methoxy groups -OCH3 is 1. The number of nitrogens with one attached hydrogen (secondary N) is 3. The van der Waals surface area contributed by atoms with E-state index >= 15 is 0 Å². The van der Waals surface area contributed by atoms with E-state index in [9.17, 15) is 14.4 Å². The number of ether oxygens (including phenoxy) is 1. The molecule has 1 aromatic rings. The van der Waals surface area contributed by atoms with Crippen LogP contribution in [-0.4, -0.2) is 31.0 Å². The number of carbonyl (C=O) groups excluding carboxylic acids is 3. The van der Waals surface area contributed by atoms with Gasteiger partial charge in [0.05, 0.1) is 13.5 Å². The first-order valence-electron chi connectivity index (χ1n) is 5.64. The molecule has 3 N–H and O–H groups in total. The van der Waals surface area contributed by atoms with Crippen LogP contribution in [-0.2, 0) is 9.59 Å². The first kappa shape index (κ1) is 12.9. The van der Waals surface area contributed by atoms with Crippen LogP contribution >= 0.6 is 0 Å². The van der Waals surface area contributed by atoms with Crippen molar-refractivity contribution in [2.75, 3.05) is 12.4 Å². The van der Waals surface area contributed by atoms with Gasteiger partial charge in [-0.25, -0.2) is 4.79 Å². The maximum Gasteiger partial charge on any atom is 0.322 e. The third-order valence-electron chi connectivity index (χ3n) is 2.62. The quantitative estimate of drug-likeness (QED) is 0.677. The van der Waals surface area contributed by atoms with Gasteiger partial charge in [0.25, 0.3) is 5.91 Å². The van der Waals surface area contributed by atoms with Crippen molar-refractivity contribution < 1.29 is 19.1 Å². The highest BCUT2D eigenvalue weighted by molar-refractivity contribution is 6.06. The summed E-state index contributed by atoms with van der Waals surface area (Å²) >= 11 is 0. The summed E-state index contributed by atoms with van der Waals surface area (Å²) < 4.78 is 4.99. The van der Waals surface area contributed by atoms with Crippen LogP contribution in [0.25, 0.3) is 0 Å². The average Bonchev–Trinajstić information content (AvgIpc) is 2.68. The number of urea groups is 1. The Kier molecular flexibility index (Phi) is 3.65. The van der Waals surface area contributed by atoms with E-state index < -0.39 is 18.0 Å². The zero-order valence-electron chi connectivity index (χ0n) is 10.2. The first-order valence-corrected chi connectivity index (χ1v) is 5.64. The molecule has 1 heterocycles. The van der Waals surface area contributed by atoms with Crippen LogP contribution in [0.2, 0.25) is 0 Å². The Labute approximate surface area is 109 Å². The number of carbonyl (C=O) groups is 3. The number of hydrogen-bond acceptors (Lipinski definition) is 4. The summed E-state index contributed by atoms with van der Waals surface area (Å²) in [5, 5.41) is 7.05. The van der Waals surface area contributed by atoms with Crippen molar-refractivity contribution in [2.24, 2.45) is 0 Å². The second kappa shape index (κ2) is 5.38. The topological polar surface area (TPSA) is 96.5 Å². The molecule has 0 unspecified atom stereocenters. The lowest BCUT2D eigenvalue weighted by molar-refractivity contribution is -0.124. The number of imide groups is 1. The number of rotatable bonds is 4. The molecule has 4 amide bonds. The van der Waals surface area contributed by atoms with Gasteiger partial charge in [0.1, 0.15) is 11.8 Å². The van der Waals surface area contributed by atoms with Crippen LogP contribution in [0.1, 0.15) is 6.42 Å². The minimum Gasteiger partial charge on any atom is -0.497 e. The summed E-state index contributed by atoms with van der Waals surface area (Å²) in [6, 6.07) is 5.39. The van der Waals surface area contributed by atoms with Crippen molar-refractivity contribution in [2.45, 2.75) is 12.5 Å². The molecule has 0 bridgehead atoms. The number of benzene rings is 1. The molecule has 1 fully saturated rings. The highest BCUT2D eigenvalue weighted by Gasteiger charge is 2.31.